The van der Waals surface area contributed by atoms with Gasteiger partial charge in [-0.25, -0.2) is 0 Å². The number of nitrogens with zero attached hydrogens (tertiary/aromatic N) is 3. The summed E-state index contributed by atoms with van der Waals surface area (Å²) in [5.74, 6) is 0.462. The predicted molar refractivity (Wildman–Crippen MR) is 63.6 cm³/mol. The first-order chi connectivity index (χ1) is 8.20. The Morgan fingerprint density at radius 3 is 3.06 bits per heavy atom. The van der Waals surface area contributed by atoms with Crippen LogP contribution in [0, 0.1) is 5.41 Å². The maximum absolute atomic E-state index is 9.42. The quantitative estimate of drug-likeness (QED) is 0.798. The van der Waals surface area contributed by atoms with Crippen LogP contribution in [-0.4, -0.2) is 27.5 Å². The number of methoxy groups -OCH3 is 1. The van der Waals surface area contributed by atoms with Gasteiger partial charge in [-0.1, -0.05) is 0 Å². The summed E-state index contributed by atoms with van der Waals surface area (Å²) in [7, 11) is 1.48. The van der Waals surface area contributed by atoms with E-state index in [1.165, 1.54) is 24.2 Å². The normalized spacial score (nSPS) is 10.9. The lowest BCUT2D eigenvalue weighted by atomic mass is 10.2. The van der Waals surface area contributed by atoms with E-state index in [1.807, 2.05) is 0 Å². The van der Waals surface area contributed by atoms with Crippen LogP contribution in [0.4, 0.5) is 0 Å². The van der Waals surface area contributed by atoms with E-state index in [-0.39, 0.29) is 10.6 Å². The number of aromatic hydroxyl groups is 1. The molecule has 0 amide bonds. The fourth-order valence-corrected chi connectivity index (χ4v) is 1.61. The van der Waals surface area contributed by atoms with Crippen LogP contribution in [0.15, 0.2) is 29.6 Å². The molecular formula is C10H10N4O2S. The number of hydrogen-bond donors (Lipinski definition) is 2. The molecule has 0 radical (unpaired) electrons. The van der Waals surface area contributed by atoms with Gasteiger partial charge in [-0.3, -0.25) is 5.41 Å². The summed E-state index contributed by atoms with van der Waals surface area (Å²) in [6.07, 6.45) is 3.02. The molecule has 0 saturated carbocycles. The van der Waals surface area contributed by atoms with E-state index in [9.17, 15) is 5.11 Å². The van der Waals surface area contributed by atoms with Gasteiger partial charge in [0.25, 0.3) is 0 Å². The van der Waals surface area contributed by atoms with Gasteiger partial charge in [-0.05, 0) is 23.8 Å². The molecule has 1 aromatic heterocycles. The van der Waals surface area contributed by atoms with Crippen LogP contribution in [0.2, 0.25) is 0 Å². The highest BCUT2D eigenvalue weighted by Gasteiger charge is 2.00. The van der Waals surface area contributed by atoms with Crippen LogP contribution in [0.5, 0.6) is 11.5 Å². The van der Waals surface area contributed by atoms with Gasteiger partial charge >= 0.3 is 0 Å². The van der Waals surface area contributed by atoms with Crippen LogP contribution < -0.4 is 9.54 Å². The third-order valence-corrected chi connectivity index (χ3v) is 2.60. The van der Waals surface area contributed by atoms with Gasteiger partial charge in [0.2, 0.25) is 4.80 Å². The van der Waals surface area contributed by atoms with Gasteiger partial charge in [-0.2, -0.15) is 14.2 Å². The molecule has 0 aliphatic rings. The molecule has 0 saturated heterocycles. The number of nitrogens with one attached hydrogen (secondary N) is 1. The van der Waals surface area contributed by atoms with Crippen molar-refractivity contribution in [2.75, 3.05) is 7.11 Å². The maximum Gasteiger partial charge on any atom is 0.222 e. The van der Waals surface area contributed by atoms with Gasteiger partial charge in [0.15, 0.2) is 11.5 Å². The van der Waals surface area contributed by atoms with Crippen molar-refractivity contribution in [2.45, 2.75) is 0 Å². The number of phenols is 1. The molecule has 2 aromatic rings. The molecule has 0 atom stereocenters. The van der Waals surface area contributed by atoms with E-state index >= 15 is 0 Å². The Balaban J connectivity index is 2.28. The van der Waals surface area contributed by atoms with Gasteiger partial charge in [0.05, 0.1) is 13.3 Å². The standard InChI is InChI=1S/C10H10N4O2S/c1-16-9-4-7(2-3-8(9)15)5-12-14-6-13-17-10(14)11/h2-6,11,15H,1H3/b11-10?,12-5-. The Kier molecular flexibility index (Phi) is 3.20. The summed E-state index contributed by atoms with van der Waals surface area (Å²) in [6.45, 7) is 0. The Morgan fingerprint density at radius 2 is 2.41 bits per heavy atom. The van der Waals surface area contributed by atoms with E-state index in [0.717, 1.165) is 17.1 Å². The van der Waals surface area contributed by atoms with Gasteiger partial charge in [0.1, 0.15) is 6.33 Å². The molecule has 2 N–H and O–H groups in total. The van der Waals surface area contributed by atoms with Crippen molar-refractivity contribution in [1.82, 2.24) is 9.05 Å². The zero-order valence-electron chi connectivity index (χ0n) is 8.99. The van der Waals surface area contributed by atoms with E-state index in [4.69, 9.17) is 10.1 Å². The molecule has 17 heavy (non-hydrogen) atoms. The maximum atomic E-state index is 9.42. The minimum Gasteiger partial charge on any atom is -0.504 e. The summed E-state index contributed by atoms with van der Waals surface area (Å²) in [6, 6.07) is 4.88. The van der Waals surface area contributed by atoms with E-state index in [1.54, 1.807) is 18.3 Å². The van der Waals surface area contributed by atoms with Crippen molar-refractivity contribution in [3.63, 3.8) is 0 Å². The van der Waals surface area contributed by atoms with Gasteiger partial charge in [0, 0.05) is 11.5 Å². The number of rotatable bonds is 3. The van der Waals surface area contributed by atoms with Crippen LogP contribution in [0.25, 0.3) is 0 Å². The number of benzene rings is 1. The van der Waals surface area contributed by atoms with Gasteiger partial charge in [-0.15, -0.1) is 0 Å². The van der Waals surface area contributed by atoms with Crippen molar-refractivity contribution >= 4 is 17.7 Å². The minimum absolute atomic E-state index is 0.0793. The molecule has 2 rings (SSSR count). The van der Waals surface area contributed by atoms with Gasteiger partial charge < -0.3 is 9.84 Å². The van der Waals surface area contributed by atoms with Crippen molar-refractivity contribution in [1.29, 1.82) is 5.41 Å². The summed E-state index contributed by atoms with van der Waals surface area (Å²) in [4.78, 5) is 0.243. The molecular weight excluding hydrogens is 240 g/mol. The highest BCUT2D eigenvalue weighted by atomic mass is 32.1. The highest BCUT2D eigenvalue weighted by Crippen LogP contribution is 2.25. The third-order valence-electron chi connectivity index (χ3n) is 2.04. The first-order valence-corrected chi connectivity index (χ1v) is 5.47. The number of hydrogen-bond acceptors (Lipinski definition) is 6. The molecule has 0 bridgehead atoms. The van der Waals surface area contributed by atoms with Crippen molar-refractivity contribution in [3.8, 4) is 11.5 Å². The molecule has 1 heterocycles. The first kappa shape index (κ1) is 11.3. The summed E-state index contributed by atoms with van der Waals surface area (Å²) >= 11 is 1.05. The summed E-state index contributed by atoms with van der Waals surface area (Å²) < 4.78 is 10.2. The molecule has 6 nitrogen and oxygen atoms in total. The zero-order chi connectivity index (χ0) is 12.3. The second kappa shape index (κ2) is 4.79. The van der Waals surface area contributed by atoms with E-state index in [2.05, 4.69) is 9.47 Å². The second-order valence-corrected chi connectivity index (χ2v) is 3.92. The molecule has 0 aliphatic carbocycles. The third kappa shape index (κ3) is 2.51. The monoisotopic (exact) mass is 250 g/mol. The Morgan fingerprint density at radius 1 is 1.59 bits per heavy atom. The van der Waals surface area contributed by atoms with E-state index < -0.39 is 0 Å². The smallest absolute Gasteiger partial charge is 0.222 e. The second-order valence-electron chi connectivity index (χ2n) is 3.14. The topological polar surface area (TPSA) is 83.5 Å². The van der Waals surface area contributed by atoms with Crippen LogP contribution in [0.1, 0.15) is 5.56 Å². The van der Waals surface area contributed by atoms with Crippen LogP contribution in [0.3, 0.4) is 0 Å². The SMILES string of the molecule is COc1cc(/C=N\n2cnsc2=N)ccc1O. The molecule has 0 fully saturated rings. The lowest BCUT2D eigenvalue weighted by Gasteiger charge is -2.03. The molecule has 88 valence electrons. The highest BCUT2D eigenvalue weighted by molar-refractivity contribution is 7.02. The van der Waals surface area contributed by atoms with Crippen LogP contribution >= 0.6 is 11.5 Å². The number of aromatic nitrogens is 2. The minimum atomic E-state index is 0.0793. The molecule has 0 unspecified atom stereocenters. The fraction of sp³-hybridized carbons (Fsp3) is 0.100. The van der Waals surface area contributed by atoms with Crippen molar-refractivity contribution in [3.05, 3.63) is 34.9 Å². The lowest BCUT2D eigenvalue weighted by molar-refractivity contribution is 0.373. The van der Waals surface area contributed by atoms with Crippen LogP contribution in [-0.2, 0) is 0 Å². The lowest BCUT2D eigenvalue weighted by Crippen LogP contribution is -2.06. The average Bonchev–Trinajstić information content (AvgIpc) is 2.74. The zero-order valence-corrected chi connectivity index (χ0v) is 9.81. The average molecular weight is 250 g/mol. The van der Waals surface area contributed by atoms with Crippen molar-refractivity contribution < 1.29 is 9.84 Å². The Hall–Kier alpha value is -2.15. The predicted octanol–water partition coefficient (Wildman–Crippen LogP) is 1.02. The molecule has 7 heteroatoms. The Labute approximate surface area is 101 Å². The summed E-state index contributed by atoms with van der Waals surface area (Å²) in [5, 5.41) is 20.9. The fourth-order valence-electron chi connectivity index (χ4n) is 1.20. The molecule has 1 aromatic carbocycles. The molecule has 0 spiro atoms. The number of phenolic OH excluding ortho intramolecular Hbond substituents is 1. The molecule has 0 aliphatic heterocycles. The largest absolute Gasteiger partial charge is 0.504 e. The Bertz CT molecular complexity index is 602. The van der Waals surface area contributed by atoms with E-state index in [0.29, 0.717) is 5.75 Å². The summed E-state index contributed by atoms with van der Waals surface area (Å²) in [5.41, 5.74) is 0.762. The number of ether oxygens (including phenoxy) is 1. The first-order valence-electron chi connectivity index (χ1n) is 4.70. The van der Waals surface area contributed by atoms with Crippen molar-refractivity contribution in [2.24, 2.45) is 5.10 Å².